The zero-order chi connectivity index (χ0) is 20.6. The summed E-state index contributed by atoms with van der Waals surface area (Å²) in [6.45, 7) is 11.1. The van der Waals surface area contributed by atoms with Crippen LogP contribution in [0.4, 0.5) is 0 Å². The predicted molar refractivity (Wildman–Crippen MR) is 119 cm³/mol. The van der Waals surface area contributed by atoms with Gasteiger partial charge in [-0.2, -0.15) is 0 Å². The zero-order valence-electron chi connectivity index (χ0n) is 16.8. The molecule has 0 radical (unpaired) electrons. The van der Waals surface area contributed by atoms with Gasteiger partial charge in [0.05, 0.1) is 5.52 Å². The first-order chi connectivity index (χ1) is 14.1. The third-order valence-corrected chi connectivity index (χ3v) is 4.72. The Hall–Kier alpha value is -3.02. The van der Waals surface area contributed by atoms with Crippen LogP contribution in [0, 0.1) is 0 Å². The van der Waals surface area contributed by atoms with E-state index in [2.05, 4.69) is 29.5 Å². The highest BCUT2D eigenvalue weighted by Crippen LogP contribution is 2.32. The van der Waals surface area contributed by atoms with Crippen LogP contribution in [-0.2, 0) is 4.74 Å². The highest BCUT2D eigenvalue weighted by molar-refractivity contribution is 6.10. The summed E-state index contributed by atoms with van der Waals surface area (Å²) >= 11 is 0. The quantitative estimate of drug-likeness (QED) is 0.258. The molecule has 0 fully saturated rings. The molecule has 0 bridgehead atoms. The van der Waals surface area contributed by atoms with Gasteiger partial charge in [-0.3, -0.25) is 0 Å². The predicted octanol–water partition coefficient (Wildman–Crippen LogP) is 4.31. The highest BCUT2D eigenvalue weighted by Gasteiger charge is 2.11. The average Bonchev–Trinajstić information content (AvgIpc) is 3.13. The number of aliphatic hydroxyl groups excluding tert-OH is 1. The molecule has 0 aliphatic carbocycles. The molecule has 1 aromatic heterocycles. The van der Waals surface area contributed by atoms with Gasteiger partial charge in [-0.15, -0.1) is 0 Å². The number of rotatable bonds is 11. The monoisotopic (exact) mass is 392 g/mol. The number of hydrogen-bond acceptors (Lipinski definition) is 4. The van der Waals surface area contributed by atoms with Crippen LogP contribution in [0.3, 0.4) is 0 Å². The van der Waals surface area contributed by atoms with Crippen molar-refractivity contribution < 1.29 is 14.6 Å². The molecule has 0 aliphatic heterocycles. The molecule has 1 atom stereocenters. The van der Waals surface area contributed by atoms with E-state index in [9.17, 15) is 5.11 Å². The van der Waals surface area contributed by atoms with Crippen molar-refractivity contribution >= 4 is 21.8 Å². The van der Waals surface area contributed by atoms with E-state index in [1.54, 1.807) is 12.2 Å². The van der Waals surface area contributed by atoms with Crippen molar-refractivity contribution in [2.24, 2.45) is 0 Å². The number of benzene rings is 2. The maximum atomic E-state index is 10.3. The van der Waals surface area contributed by atoms with Gasteiger partial charge in [0.15, 0.2) is 0 Å². The lowest BCUT2D eigenvalue weighted by Crippen LogP contribution is -2.33. The van der Waals surface area contributed by atoms with Crippen LogP contribution >= 0.6 is 0 Å². The Morgan fingerprint density at radius 3 is 2.72 bits per heavy atom. The van der Waals surface area contributed by atoms with E-state index in [1.807, 2.05) is 43.3 Å². The van der Waals surface area contributed by atoms with Gasteiger partial charge >= 0.3 is 0 Å². The zero-order valence-corrected chi connectivity index (χ0v) is 16.8. The largest absolute Gasteiger partial charge is 0.492 e. The van der Waals surface area contributed by atoms with Crippen molar-refractivity contribution in [2.75, 3.05) is 26.3 Å². The van der Waals surface area contributed by atoms with Gasteiger partial charge in [0, 0.05) is 29.4 Å². The lowest BCUT2D eigenvalue weighted by atomic mass is 10.1. The fourth-order valence-corrected chi connectivity index (χ4v) is 3.17. The van der Waals surface area contributed by atoms with Crippen LogP contribution in [0.2, 0.25) is 0 Å². The molecule has 3 rings (SSSR count). The summed E-state index contributed by atoms with van der Waals surface area (Å²) in [7, 11) is 0. The summed E-state index contributed by atoms with van der Waals surface area (Å²) in [5.41, 5.74) is 3.04. The highest BCUT2D eigenvalue weighted by atomic mass is 16.5. The normalized spacial score (nSPS) is 13.2. The van der Waals surface area contributed by atoms with Gasteiger partial charge in [0.25, 0.3) is 0 Å². The van der Waals surface area contributed by atoms with Gasteiger partial charge in [-0.05, 0) is 36.8 Å². The van der Waals surface area contributed by atoms with E-state index in [4.69, 9.17) is 9.47 Å². The lowest BCUT2D eigenvalue weighted by Gasteiger charge is -2.15. The summed E-state index contributed by atoms with van der Waals surface area (Å²) in [4.78, 5) is 3.39. The standard InChI is InChI=1S/C24H28N2O3/c1-4-17(3)22(5-2)28-14-13-25-15-18(27)16-29-23-12-8-11-21-24(23)19-9-6-7-10-20(19)26-21/h4-12,18,25-27H,1-2,13-16H2,3H3/b22-17+. The number of aliphatic hydroxyl groups is 1. The Morgan fingerprint density at radius 1 is 1.14 bits per heavy atom. The molecule has 0 amide bonds. The van der Waals surface area contributed by atoms with E-state index < -0.39 is 6.10 Å². The van der Waals surface area contributed by atoms with E-state index in [1.165, 1.54) is 0 Å². The minimum atomic E-state index is -0.625. The minimum absolute atomic E-state index is 0.208. The van der Waals surface area contributed by atoms with Crippen LogP contribution in [-0.4, -0.2) is 42.5 Å². The van der Waals surface area contributed by atoms with E-state index >= 15 is 0 Å². The van der Waals surface area contributed by atoms with E-state index in [0.29, 0.717) is 19.7 Å². The summed E-state index contributed by atoms with van der Waals surface area (Å²) in [6, 6.07) is 14.0. The number of hydrogen-bond donors (Lipinski definition) is 3. The van der Waals surface area contributed by atoms with Crippen molar-refractivity contribution in [3.05, 3.63) is 79.1 Å². The van der Waals surface area contributed by atoms with E-state index in [0.717, 1.165) is 38.9 Å². The van der Waals surface area contributed by atoms with Gasteiger partial charge in [-0.1, -0.05) is 43.5 Å². The molecule has 0 saturated heterocycles. The third-order valence-electron chi connectivity index (χ3n) is 4.72. The van der Waals surface area contributed by atoms with Gasteiger partial charge < -0.3 is 24.9 Å². The van der Waals surface area contributed by atoms with Crippen LogP contribution in [0.1, 0.15) is 6.92 Å². The van der Waals surface area contributed by atoms with E-state index in [-0.39, 0.29) is 6.61 Å². The molecule has 5 nitrogen and oxygen atoms in total. The second-order valence-electron chi connectivity index (χ2n) is 6.82. The molecule has 152 valence electrons. The molecular formula is C24H28N2O3. The summed E-state index contributed by atoms with van der Waals surface area (Å²) in [5, 5.41) is 15.6. The SMILES string of the molecule is C=C/C(C)=C(\C=C)OCCNCC(O)COc1cccc2[nH]c3ccccc3c12. The Labute approximate surface area is 171 Å². The fourth-order valence-electron chi connectivity index (χ4n) is 3.17. The third kappa shape index (κ3) is 5.08. The molecule has 29 heavy (non-hydrogen) atoms. The first-order valence-electron chi connectivity index (χ1n) is 9.73. The van der Waals surface area contributed by atoms with Crippen LogP contribution in [0.25, 0.3) is 21.8 Å². The Kier molecular flexibility index (Phi) is 7.11. The first-order valence-corrected chi connectivity index (χ1v) is 9.73. The number of para-hydroxylation sites is 1. The molecule has 0 spiro atoms. The minimum Gasteiger partial charge on any atom is -0.492 e. The number of aromatic nitrogens is 1. The summed E-state index contributed by atoms with van der Waals surface area (Å²) in [5.74, 6) is 1.49. The molecule has 1 heterocycles. The van der Waals surface area contributed by atoms with Crippen molar-refractivity contribution in [1.82, 2.24) is 10.3 Å². The Morgan fingerprint density at radius 2 is 1.93 bits per heavy atom. The number of ether oxygens (including phenoxy) is 2. The molecular weight excluding hydrogens is 364 g/mol. The van der Waals surface area contributed by atoms with Gasteiger partial charge in [0.2, 0.25) is 0 Å². The number of allylic oxidation sites excluding steroid dienone is 3. The smallest absolute Gasteiger partial charge is 0.129 e. The summed E-state index contributed by atoms with van der Waals surface area (Å²) < 4.78 is 11.6. The number of fused-ring (bicyclic) bond motifs is 3. The molecule has 3 aromatic rings. The van der Waals surface area contributed by atoms with Crippen LogP contribution in [0.5, 0.6) is 5.75 Å². The topological polar surface area (TPSA) is 66.5 Å². The molecule has 2 aromatic carbocycles. The van der Waals surface area contributed by atoms with Crippen molar-refractivity contribution in [3.63, 3.8) is 0 Å². The Bertz CT molecular complexity index is 1020. The number of aromatic amines is 1. The van der Waals surface area contributed by atoms with Crippen molar-refractivity contribution in [3.8, 4) is 5.75 Å². The second-order valence-corrected chi connectivity index (χ2v) is 6.82. The van der Waals surface area contributed by atoms with Crippen molar-refractivity contribution in [1.29, 1.82) is 0 Å². The molecule has 1 unspecified atom stereocenters. The number of H-pyrrole nitrogens is 1. The van der Waals surface area contributed by atoms with Gasteiger partial charge in [-0.25, -0.2) is 0 Å². The average molecular weight is 392 g/mol. The van der Waals surface area contributed by atoms with Crippen molar-refractivity contribution in [2.45, 2.75) is 13.0 Å². The first kappa shape index (κ1) is 20.7. The molecule has 0 saturated carbocycles. The molecule has 0 aliphatic rings. The molecule has 3 N–H and O–H groups in total. The lowest BCUT2D eigenvalue weighted by molar-refractivity contribution is 0.105. The van der Waals surface area contributed by atoms with Crippen LogP contribution < -0.4 is 10.1 Å². The maximum Gasteiger partial charge on any atom is 0.129 e. The number of nitrogens with one attached hydrogen (secondary N) is 2. The summed E-state index contributed by atoms with van der Waals surface area (Å²) in [6.07, 6.45) is 2.78. The van der Waals surface area contributed by atoms with Crippen LogP contribution in [0.15, 0.2) is 79.1 Å². The van der Waals surface area contributed by atoms with Gasteiger partial charge in [0.1, 0.15) is 30.8 Å². The Balaban J connectivity index is 1.49. The fraction of sp³-hybridized carbons (Fsp3) is 0.250. The second kappa shape index (κ2) is 9.96. The molecule has 5 heteroatoms. The maximum absolute atomic E-state index is 10.3.